The molecule has 26 heavy (non-hydrogen) atoms. The first-order valence-electron chi connectivity index (χ1n) is 7.97. The van der Waals surface area contributed by atoms with Crippen molar-refractivity contribution in [1.82, 2.24) is 0 Å². The minimum atomic E-state index is -0.530. The number of hydrogen-bond donors (Lipinski definition) is 1. The molecule has 0 radical (unpaired) electrons. The van der Waals surface area contributed by atoms with Gasteiger partial charge in [0.15, 0.2) is 18.1 Å². The van der Waals surface area contributed by atoms with E-state index in [0.29, 0.717) is 22.2 Å². The van der Waals surface area contributed by atoms with Gasteiger partial charge in [-0.2, -0.15) is 0 Å². The van der Waals surface area contributed by atoms with Crippen LogP contribution in [-0.4, -0.2) is 32.2 Å². The largest absolute Gasteiger partial charge is 0.493 e. The second kappa shape index (κ2) is 9.68. The minimum absolute atomic E-state index is 0.0154. The van der Waals surface area contributed by atoms with Crippen molar-refractivity contribution in [2.24, 2.45) is 0 Å². The van der Waals surface area contributed by atoms with Crippen LogP contribution in [-0.2, 0) is 14.3 Å². The van der Waals surface area contributed by atoms with E-state index < -0.39 is 11.9 Å². The maximum atomic E-state index is 11.9. The lowest BCUT2D eigenvalue weighted by Crippen LogP contribution is -2.22. The lowest BCUT2D eigenvalue weighted by molar-refractivity contribution is -0.147. The highest BCUT2D eigenvalue weighted by molar-refractivity contribution is 6.31. The van der Waals surface area contributed by atoms with Crippen molar-refractivity contribution in [1.29, 1.82) is 0 Å². The second-order valence-corrected chi connectivity index (χ2v) is 5.85. The molecule has 0 saturated carbocycles. The van der Waals surface area contributed by atoms with Gasteiger partial charge in [0.05, 0.1) is 20.1 Å². The SMILES string of the molecule is COc1ccccc1OCCC(=O)OCC(=O)Nc1cc(Cl)ccc1C. The predicted molar refractivity (Wildman–Crippen MR) is 98.9 cm³/mol. The fraction of sp³-hybridized carbons (Fsp3) is 0.263. The van der Waals surface area contributed by atoms with Gasteiger partial charge in [0.25, 0.3) is 5.91 Å². The van der Waals surface area contributed by atoms with E-state index in [9.17, 15) is 9.59 Å². The average molecular weight is 378 g/mol. The standard InChI is InChI=1S/C19H20ClNO5/c1-13-7-8-14(20)11-15(13)21-18(22)12-26-19(23)9-10-25-17-6-4-3-5-16(17)24-2/h3-8,11H,9-10,12H2,1-2H3,(H,21,22). The summed E-state index contributed by atoms with van der Waals surface area (Å²) in [5.41, 5.74) is 1.44. The summed E-state index contributed by atoms with van der Waals surface area (Å²) in [6, 6.07) is 12.3. The molecular formula is C19H20ClNO5. The molecule has 2 aromatic rings. The van der Waals surface area contributed by atoms with Gasteiger partial charge in [-0.25, -0.2) is 0 Å². The molecule has 1 N–H and O–H groups in total. The average Bonchev–Trinajstić information content (AvgIpc) is 2.63. The normalized spacial score (nSPS) is 10.1. The van der Waals surface area contributed by atoms with Crippen molar-refractivity contribution in [2.45, 2.75) is 13.3 Å². The fourth-order valence-electron chi connectivity index (χ4n) is 2.12. The van der Waals surface area contributed by atoms with Gasteiger partial charge in [0.2, 0.25) is 0 Å². The van der Waals surface area contributed by atoms with Crippen LogP contribution >= 0.6 is 11.6 Å². The molecule has 6 nitrogen and oxygen atoms in total. The lowest BCUT2D eigenvalue weighted by Gasteiger charge is -2.11. The second-order valence-electron chi connectivity index (χ2n) is 5.42. The van der Waals surface area contributed by atoms with Crippen LogP contribution in [0, 0.1) is 6.92 Å². The summed E-state index contributed by atoms with van der Waals surface area (Å²) in [4.78, 5) is 23.6. The number of aryl methyl sites for hydroxylation is 1. The first-order chi connectivity index (χ1) is 12.5. The molecule has 0 aliphatic heterocycles. The minimum Gasteiger partial charge on any atom is -0.493 e. The maximum absolute atomic E-state index is 11.9. The third-order valence-corrected chi connectivity index (χ3v) is 3.71. The highest BCUT2D eigenvalue weighted by Crippen LogP contribution is 2.25. The number of esters is 1. The third kappa shape index (κ3) is 5.97. The Balaban J connectivity index is 1.73. The van der Waals surface area contributed by atoms with E-state index in [-0.39, 0.29) is 19.6 Å². The molecule has 138 valence electrons. The first kappa shape index (κ1) is 19.6. The van der Waals surface area contributed by atoms with Gasteiger partial charge in [-0.05, 0) is 36.8 Å². The number of carbonyl (C=O) groups excluding carboxylic acids is 2. The van der Waals surface area contributed by atoms with Crippen LogP contribution in [0.15, 0.2) is 42.5 Å². The Kier molecular flexibility index (Phi) is 7.29. The van der Waals surface area contributed by atoms with Gasteiger partial charge in [-0.3, -0.25) is 9.59 Å². The van der Waals surface area contributed by atoms with Crippen molar-refractivity contribution >= 4 is 29.2 Å². The van der Waals surface area contributed by atoms with Crippen LogP contribution in [0.3, 0.4) is 0 Å². The third-order valence-electron chi connectivity index (χ3n) is 3.47. The van der Waals surface area contributed by atoms with Crippen LogP contribution in [0.2, 0.25) is 5.02 Å². The number of para-hydroxylation sites is 2. The molecule has 0 fully saturated rings. The van der Waals surface area contributed by atoms with Gasteiger partial charge in [0, 0.05) is 10.7 Å². The predicted octanol–water partition coefficient (Wildman–Crippen LogP) is 3.61. The zero-order chi connectivity index (χ0) is 18.9. The molecule has 1 amide bonds. The van der Waals surface area contributed by atoms with E-state index in [2.05, 4.69) is 5.32 Å². The van der Waals surface area contributed by atoms with Crippen LogP contribution in [0.1, 0.15) is 12.0 Å². The fourth-order valence-corrected chi connectivity index (χ4v) is 2.29. The molecule has 7 heteroatoms. The Bertz CT molecular complexity index is 778. The van der Waals surface area contributed by atoms with Crippen LogP contribution in [0.4, 0.5) is 5.69 Å². The highest BCUT2D eigenvalue weighted by atomic mass is 35.5. The Morgan fingerprint density at radius 1 is 1.12 bits per heavy atom. The monoisotopic (exact) mass is 377 g/mol. The number of carbonyl (C=O) groups is 2. The van der Waals surface area contributed by atoms with E-state index >= 15 is 0 Å². The quantitative estimate of drug-likeness (QED) is 0.711. The summed E-state index contributed by atoms with van der Waals surface area (Å²) in [6.45, 7) is 1.58. The summed E-state index contributed by atoms with van der Waals surface area (Å²) in [5.74, 6) is 0.154. The number of amides is 1. The van der Waals surface area contributed by atoms with Gasteiger partial charge >= 0.3 is 5.97 Å². The summed E-state index contributed by atoms with van der Waals surface area (Å²) in [7, 11) is 1.54. The van der Waals surface area contributed by atoms with Crippen LogP contribution in [0.25, 0.3) is 0 Å². The topological polar surface area (TPSA) is 73.9 Å². The first-order valence-corrected chi connectivity index (χ1v) is 8.35. The van der Waals surface area contributed by atoms with Crippen LogP contribution < -0.4 is 14.8 Å². The van der Waals surface area contributed by atoms with Crippen molar-refractivity contribution in [3.8, 4) is 11.5 Å². The molecule has 0 heterocycles. The number of methoxy groups -OCH3 is 1. The van der Waals surface area contributed by atoms with Crippen molar-refractivity contribution in [2.75, 3.05) is 25.6 Å². The summed E-state index contributed by atoms with van der Waals surface area (Å²) in [6.07, 6.45) is 0.0154. The molecule has 2 aromatic carbocycles. The molecule has 2 rings (SSSR count). The van der Waals surface area contributed by atoms with Crippen molar-refractivity contribution in [3.05, 3.63) is 53.1 Å². The molecule has 0 aromatic heterocycles. The molecule has 0 aliphatic carbocycles. The van der Waals surface area contributed by atoms with E-state index in [0.717, 1.165) is 5.56 Å². The van der Waals surface area contributed by atoms with Gasteiger partial charge in [-0.1, -0.05) is 29.8 Å². The number of anilines is 1. The molecule has 0 aliphatic rings. The Morgan fingerprint density at radius 2 is 1.85 bits per heavy atom. The Morgan fingerprint density at radius 3 is 2.58 bits per heavy atom. The number of halogens is 1. The molecule has 0 spiro atoms. The van der Waals surface area contributed by atoms with Crippen LogP contribution in [0.5, 0.6) is 11.5 Å². The molecule has 0 saturated heterocycles. The van der Waals surface area contributed by atoms with Gasteiger partial charge < -0.3 is 19.5 Å². The van der Waals surface area contributed by atoms with E-state index in [1.807, 2.05) is 13.0 Å². The van der Waals surface area contributed by atoms with Gasteiger partial charge in [0.1, 0.15) is 0 Å². The summed E-state index contributed by atoms with van der Waals surface area (Å²) in [5, 5.41) is 3.17. The Hall–Kier alpha value is -2.73. The molecule has 0 bridgehead atoms. The van der Waals surface area contributed by atoms with Crippen molar-refractivity contribution < 1.29 is 23.8 Å². The summed E-state index contributed by atoms with van der Waals surface area (Å²) >= 11 is 5.90. The zero-order valence-corrected chi connectivity index (χ0v) is 15.3. The zero-order valence-electron chi connectivity index (χ0n) is 14.6. The van der Waals surface area contributed by atoms with E-state index in [1.165, 1.54) is 7.11 Å². The van der Waals surface area contributed by atoms with E-state index in [4.69, 9.17) is 25.8 Å². The highest BCUT2D eigenvalue weighted by Gasteiger charge is 2.10. The van der Waals surface area contributed by atoms with E-state index in [1.54, 1.807) is 36.4 Å². The Labute approximate surface area is 157 Å². The van der Waals surface area contributed by atoms with Crippen molar-refractivity contribution in [3.63, 3.8) is 0 Å². The number of nitrogens with one attached hydrogen (secondary N) is 1. The number of rotatable bonds is 8. The van der Waals surface area contributed by atoms with Gasteiger partial charge in [-0.15, -0.1) is 0 Å². The number of hydrogen-bond acceptors (Lipinski definition) is 5. The molecule has 0 unspecified atom stereocenters. The number of ether oxygens (including phenoxy) is 3. The lowest BCUT2D eigenvalue weighted by atomic mass is 10.2. The smallest absolute Gasteiger partial charge is 0.309 e. The summed E-state index contributed by atoms with van der Waals surface area (Å²) < 4.78 is 15.6. The molecule has 0 atom stereocenters. The maximum Gasteiger partial charge on any atom is 0.309 e. The molecular weight excluding hydrogens is 358 g/mol. The number of benzene rings is 2.